The summed E-state index contributed by atoms with van der Waals surface area (Å²) in [6, 6.07) is 0.526. The first-order valence-corrected chi connectivity index (χ1v) is 10.6. The van der Waals surface area contributed by atoms with E-state index in [9.17, 15) is 0 Å². The Labute approximate surface area is 165 Å². The second-order valence-corrected chi connectivity index (χ2v) is 8.28. The third-order valence-corrected chi connectivity index (χ3v) is 5.33. The summed E-state index contributed by atoms with van der Waals surface area (Å²) < 4.78 is 10.9. The highest BCUT2D eigenvalue weighted by Gasteiger charge is 2.22. The van der Waals surface area contributed by atoms with Crippen molar-refractivity contribution >= 4 is 5.96 Å². The smallest absolute Gasteiger partial charge is 0.191 e. The van der Waals surface area contributed by atoms with Crippen LogP contribution < -0.4 is 10.6 Å². The van der Waals surface area contributed by atoms with Crippen molar-refractivity contribution in [3.8, 4) is 0 Å². The van der Waals surface area contributed by atoms with Crippen LogP contribution in [0.3, 0.4) is 0 Å². The molecule has 2 saturated heterocycles. The summed E-state index contributed by atoms with van der Waals surface area (Å²) >= 11 is 0. The number of morpholine rings is 2. The van der Waals surface area contributed by atoms with Crippen molar-refractivity contribution in [3.63, 3.8) is 0 Å². The molecule has 0 amide bonds. The maximum Gasteiger partial charge on any atom is 0.191 e. The van der Waals surface area contributed by atoms with Gasteiger partial charge in [0.1, 0.15) is 0 Å². The van der Waals surface area contributed by atoms with E-state index in [1.807, 2.05) is 7.05 Å². The minimum Gasteiger partial charge on any atom is -0.379 e. The third-order valence-electron chi connectivity index (χ3n) is 5.33. The maximum absolute atomic E-state index is 5.52. The second kappa shape index (κ2) is 12.5. The van der Waals surface area contributed by atoms with Crippen LogP contribution in [0.4, 0.5) is 0 Å². The first-order valence-electron chi connectivity index (χ1n) is 10.6. The number of guanidine groups is 1. The van der Waals surface area contributed by atoms with Gasteiger partial charge in [-0.3, -0.25) is 14.8 Å². The number of nitrogens with zero attached hydrogens (tertiary/aromatic N) is 3. The molecule has 2 atom stereocenters. The fourth-order valence-electron chi connectivity index (χ4n) is 3.84. The van der Waals surface area contributed by atoms with Crippen LogP contribution in [0.15, 0.2) is 4.99 Å². The lowest BCUT2D eigenvalue weighted by Gasteiger charge is -2.36. The Morgan fingerprint density at radius 2 is 1.52 bits per heavy atom. The standard InChI is InChI=1S/C20H41N5O2/c1-17(2)13-19(25-7-11-27-12-8-25)15-23-20(21-4)22-14-18(3)16-24-5-9-26-10-6-24/h17-19H,5-16H2,1-4H3,(H2,21,22,23). The van der Waals surface area contributed by atoms with E-state index in [-0.39, 0.29) is 0 Å². The lowest BCUT2D eigenvalue weighted by molar-refractivity contribution is 0.0132. The molecule has 0 radical (unpaired) electrons. The fourth-order valence-corrected chi connectivity index (χ4v) is 3.84. The highest BCUT2D eigenvalue weighted by molar-refractivity contribution is 5.79. The lowest BCUT2D eigenvalue weighted by atomic mass is 10.0. The lowest BCUT2D eigenvalue weighted by Crippen LogP contribution is -2.51. The van der Waals surface area contributed by atoms with E-state index in [2.05, 4.69) is 46.2 Å². The number of aliphatic imine (C=N–C) groups is 1. The van der Waals surface area contributed by atoms with Crippen molar-refractivity contribution in [2.75, 3.05) is 79.3 Å². The van der Waals surface area contributed by atoms with Gasteiger partial charge in [-0.05, 0) is 18.3 Å². The molecule has 7 heteroatoms. The summed E-state index contributed by atoms with van der Waals surface area (Å²) in [7, 11) is 1.86. The van der Waals surface area contributed by atoms with Crippen molar-refractivity contribution in [1.29, 1.82) is 0 Å². The first-order chi connectivity index (χ1) is 13.1. The average Bonchev–Trinajstić information content (AvgIpc) is 2.68. The number of nitrogens with one attached hydrogen (secondary N) is 2. The molecule has 0 aromatic rings. The minimum absolute atomic E-state index is 0.526. The largest absolute Gasteiger partial charge is 0.379 e. The molecule has 2 fully saturated rings. The van der Waals surface area contributed by atoms with Gasteiger partial charge in [-0.1, -0.05) is 20.8 Å². The zero-order valence-corrected chi connectivity index (χ0v) is 17.9. The van der Waals surface area contributed by atoms with Gasteiger partial charge in [-0.25, -0.2) is 0 Å². The Morgan fingerprint density at radius 1 is 0.926 bits per heavy atom. The molecule has 0 aliphatic carbocycles. The van der Waals surface area contributed by atoms with Crippen molar-refractivity contribution in [2.24, 2.45) is 16.8 Å². The van der Waals surface area contributed by atoms with Gasteiger partial charge in [0.05, 0.1) is 26.4 Å². The zero-order chi connectivity index (χ0) is 19.5. The number of hydrogen-bond acceptors (Lipinski definition) is 5. The van der Waals surface area contributed by atoms with Gasteiger partial charge in [0, 0.05) is 58.9 Å². The predicted molar refractivity (Wildman–Crippen MR) is 111 cm³/mol. The van der Waals surface area contributed by atoms with Crippen molar-refractivity contribution in [1.82, 2.24) is 20.4 Å². The molecule has 2 unspecified atom stereocenters. The molecule has 2 aliphatic heterocycles. The molecule has 0 bridgehead atoms. The maximum atomic E-state index is 5.52. The normalized spacial score (nSPS) is 22.6. The number of ether oxygens (including phenoxy) is 2. The van der Waals surface area contributed by atoms with E-state index in [4.69, 9.17) is 9.47 Å². The second-order valence-electron chi connectivity index (χ2n) is 8.28. The Balaban J connectivity index is 1.73. The minimum atomic E-state index is 0.526. The van der Waals surface area contributed by atoms with E-state index in [1.165, 1.54) is 6.42 Å². The van der Waals surface area contributed by atoms with E-state index in [0.29, 0.717) is 17.9 Å². The summed E-state index contributed by atoms with van der Waals surface area (Å²) in [6.07, 6.45) is 1.19. The Kier molecular flexibility index (Phi) is 10.4. The Morgan fingerprint density at radius 3 is 2.11 bits per heavy atom. The highest BCUT2D eigenvalue weighted by atomic mass is 16.5. The van der Waals surface area contributed by atoms with Gasteiger partial charge in [0.2, 0.25) is 0 Å². The highest BCUT2D eigenvalue weighted by Crippen LogP contribution is 2.13. The molecule has 7 nitrogen and oxygen atoms in total. The molecule has 158 valence electrons. The van der Waals surface area contributed by atoms with E-state index in [0.717, 1.165) is 78.2 Å². The van der Waals surface area contributed by atoms with Crippen LogP contribution in [-0.4, -0.2) is 101 Å². The number of hydrogen-bond donors (Lipinski definition) is 2. The van der Waals surface area contributed by atoms with Crippen LogP contribution in [-0.2, 0) is 9.47 Å². The fraction of sp³-hybridized carbons (Fsp3) is 0.950. The van der Waals surface area contributed by atoms with Gasteiger partial charge >= 0.3 is 0 Å². The summed E-state index contributed by atoms with van der Waals surface area (Å²) in [5.41, 5.74) is 0. The molecule has 27 heavy (non-hydrogen) atoms. The molecule has 2 heterocycles. The monoisotopic (exact) mass is 383 g/mol. The summed E-state index contributed by atoms with van der Waals surface area (Å²) in [6.45, 7) is 17.4. The van der Waals surface area contributed by atoms with Gasteiger partial charge in [-0.2, -0.15) is 0 Å². The van der Waals surface area contributed by atoms with Crippen LogP contribution in [0.1, 0.15) is 27.2 Å². The van der Waals surface area contributed by atoms with Crippen LogP contribution >= 0.6 is 0 Å². The van der Waals surface area contributed by atoms with Crippen molar-refractivity contribution < 1.29 is 9.47 Å². The molecular weight excluding hydrogens is 342 g/mol. The van der Waals surface area contributed by atoms with E-state index >= 15 is 0 Å². The van der Waals surface area contributed by atoms with Gasteiger partial charge in [0.15, 0.2) is 5.96 Å². The van der Waals surface area contributed by atoms with Crippen LogP contribution in [0.25, 0.3) is 0 Å². The molecule has 2 N–H and O–H groups in total. The average molecular weight is 384 g/mol. The molecular formula is C20H41N5O2. The summed E-state index contributed by atoms with van der Waals surface area (Å²) in [4.78, 5) is 9.47. The first kappa shape index (κ1) is 22.4. The zero-order valence-electron chi connectivity index (χ0n) is 17.9. The van der Waals surface area contributed by atoms with Crippen LogP contribution in [0, 0.1) is 11.8 Å². The van der Waals surface area contributed by atoms with E-state index < -0.39 is 0 Å². The van der Waals surface area contributed by atoms with Gasteiger partial charge < -0.3 is 20.1 Å². The van der Waals surface area contributed by atoms with E-state index in [1.54, 1.807) is 0 Å². The Bertz CT molecular complexity index is 421. The molecule has 0 aromatic carbocycles. The van der Waals surface area contributed by atoms with Crippen LogP contribution in [0.5, 0.6) is 0 Å². The Hall–Kier alpha value is -0.890. The summed E-state index contributed by atoms with van der Waals surface area (Å²) in [5.74, 6) is 2.17. The quantitative estimate of drug-likeness (QED) is 0.455. The number of rotatable bonds is 9. The SMILES string of the molecule is CN=C(NCC(C)CN1CCOCC1)NCC(CC(C)C)N1CCOCC1. The summed E-state index contributed by atoms with van der Waals surface area (Å²) in [5, 5.41) is 7.06. The predicted octanol–water partition coefficient (Wildman–Crippen LogP) is 0.867. The molecule has 0 aromatic heterocycles. The third kappa shape index (κ3) is 8.77. The molecule has 2 rings (SSSR count). The van der Waals surface area contributed by atoms with Crippen molar-refractivity contribution in [3.05, 3.63) is 0 Å². The van der Waals surface area contributed by atoms with Crippen molar-refractivity contribution in [2.45, 2.75) is 33.2 Å². The van der Waals surface area contributed by atoms with Gasteiger partial charge in [-0.15, -0.1) is 0 Å². The topological polar surface area (TPSA) is 61.4 Å². The van der Waals surface area contributed by atoms with Crippen LogP contribution in [0.2, 0.25) is 0 Å². The molecule has 0 saturated carbocycles. The molecule has 0 spiro atoms. The van der Waals surface area contributed by atoms with Gasteiger partial charge in [0.25, 0.3) is 0 Å². The molecule has 2 aliphatic rings.